The lowest BCUT2D eigenvalue weighted by Gasteiger charge is -2.61. The van der Waals surface area contributed by atoms with Crippen LogP contribution in [0.15, 0.2) is 11.6 Å². The molecule has 0 amide bonds. The second-order valence-electron chi connectivity index (χ2n) is 14.8. The van der Waals surface area contributed by atoms with E-state index in [0.717, 1.165) is 44.1 Å². The molecule has 9 atom stereocenters. The topological polar surface area (TPSA) is 110 Å². The average molecular weight is 561 g/mol. The number of carboxylic acids is 1. The molecule has 0 aromatic carbocycles. The van der Waals surface area contributed by atoms with E-state index < -0.39 is 23.3 Å². The Morgan fingerprint density at radius 2 is 1.80 bits per heavy atom. The number of carbonyl (C=O) groups is 3. The third-order valence-electron chi connectivity index (χ3n) is 11.7. The van der Waals surface area contributed by atoms with Gasteiger partial charge in [-0.05, 0) is 100 Å². The highest BCUT2D eigenvalue weighted by atomic mass is 16.6. The van der Waals surface area contributed by atoms with Gasteiger partial charge in [0.25, 0.3) is 0 Å². The van der Waals surface area contributed by atoms with Crippen molar-refractivity contribution in [2.24, 2.45) is 40.4 Å². The van der Waals surface area contributed by atoms with Crippen LogP contribution in [0.3, 0.4) is 0 Å². The maximum absolute atomic E-state index is 12.2. The molecule has 4 aliphatic rings. The third kappa shape index (κ3) is 5.87. The van der Waals surface area contributed by atoms with Crippen LogP contribution < -0.4 is 0 Å². The quantitative estimate of drug-likeness (QED) is 0.246. The number of aliphatic hydroxyl groups is 1. The van der Waals surface area contributed by atoms with Crippen molar-refractivity contribution in [2.75, 3.05) is 0 Å². The van der Waals surface area contributed by atoms with Gasteiger partial charge in [-0.1, -0.05) is 38.8 Å². The van der Waals surface area contributed by atoms with Crippen molar-refractivity contribution >= 4 is 17.9 Å². The number of carbonyl (C=O) groups excluding carboxylic acids is 2. The van der Waals surface area contributed by atoms with Gasteiger partial charge in [-0.25, -0.2) is 0 Å². The monoisotopic (exact) mass is 560 g/mol. The molecule has 0 bridgehead atoms. The molecule has 0 aliphatic heterocycles. The van der Waals surface area contributed by atoms with Gasteiger partial charge in [-0.2, -0.15) is 0 Å². The lowest BCUT2D eigenvalue weighted by atomic mass is 9.45. The van der Waals surface area contributed by atoms with Crippen LogP contribution in [0.2, 0.25) is 0 Å². The van der Waals surface area contributed by atoms with E-state index in [1.165, 1.54) is 26.7 Å². The van der Waals surface area contributed by atoms with Crippen molar-refractivity contribution in [3.63, 3.8) is 0 Å². The summed E-state index contributed by atoms with van der Waals surface area (Å²) >= 11 is 0. The number of fused-ring (bicyclic) bond motifs is 5. The minimum Gasteiger partial charge on any atom is -0.481 e. The summed E-state index contributed by atoms with van der Waals surface area (Å²) in [6.07, 6.45) is 10.5. The average Bonchev–Trinajstić information content (AvgIpc) is 3.15. The molecule has 3 fully saturated rings. The molecule has 7 nitrogen and oxygen atoms in total. The molecule has 226 valence electrons. The van der Waals surface area contributed by atoms with E-state index in [9.17, 15) is 24.6 Å². The van der Waals surface area contributed by atoms with E-state index >= 15 is 0 Å². The fourth-order valence-corrected chi connectivity index (χ4v) is 10.0. The van der Waals surface area contributed by atoms with E-state index in [0.29, 0.717) is 36.0 Å². The first-order chi connectivity index (χ1) is 18.5. The molecule has 40 heavy (non-hydrogen) atoms. The normalized spacial score (nSPS) is 39.7. The lowest BCUT2D eigenvalue weighted by molar-refractivity contribution is -0.177. The summed E-state index contributed by atoms with van der Waals surface area (Å²) in [4.78, 5) is 35.2. The van der Waals surface area contributed by atoms with Crippen molar-refractivity contribution < 1.29 is 34.1 Å². The van der Waals surface area contributed by atoms with Crippen LogP contribution in [-0.4, -0.2) is 45.4 Å². The molecule has 0 spiro atoms. The van der Waals surface area contributed by atoms with E-state index in [2.05, 4.69) is 26.8 Å². The zero-order valence-electron chi connectivity index (χ0n) is 25.8. The zero-order valence-corrected chi connectivity index (χ0v) is 25.8. The Kier molecular flexibility index (Phi) is 8.60. The van der Waals surface area contributed by atoms with Gasteiger partial charge < -0.3 is 19.7 Å². The van der Waals surface area contributed by atoms with Crippen molar-refractivity contribution in [3.05, 3.63) is 11.6 Å². The zero-order chi connectivity index (χ0) is 29.7. The fourth-order valence-electron chi connectivity index (χ4n) is 10.0. The molecule has 4 rings (SSSR count). The van der Waals surface area contributed by atoms with E-state index in [1.54, 1.807) is 0 Å². The maximum Gasteiger partial charge on any atom is 0.306 e. The smallest absolute Gasteiger partial charge is 0.306 e. The minimum atomic E-state index is -1.40. The number of aliphatic carboxylic acids is 1. The highest BCUT2D eigenvalue weighted by molar-refractivity contribution is 5.69. The Balaban J connectivity index is 1.52. The highest BCUT2D eigenvalue weighted by Gasteiger charge is 2.63. The van der Waals surface area contributed by atoms with Gasteiger partial charge in [0, 0.05) is 25.7 Å². The largest absolute Gasteiger partial charge is 0.481 e. The molecule has 3 saturated carbocycles. The van der Waals surface area contributed by atoms with Crippen molar-refractivity contribution in [1.29, 1.82) is 0 Å². The molecular weight excluding hydrogens is 508 g/mol. The predicted molar refractivity (Wildman–Crippen MR) is 152 cm³/mol. The molecule has 0 heterocycles. The maximum atomic E-state index is 12.2. The number of allylic oxidation sites excluding steroid dienone is 1. The highest BCUT2D eigenvalue weighted by Crippen LogP contribution is 2.68. The summed E-state index contributed by atoms with van der Waals surface area (Å²) in [5, 5.41) is 20.8. The van der Waals surface area contributed by atoms with Crippen LogP contribution in [0.4, 0.5) is 0 Å². The van der Waals surface area contributed by atoms with Crippen LogP contribution in [0.25, 0.3) is 0 Å². The molecule has 2 N–H and O–H groups in total. The number of hydrogen-bond acceptors (Lipinski definition) is 6. The summed E-state index contributed by atoms with van der Waals surface area (Å²) in [5.41, 5.74) is -0.860. The second-order valence-corrected chi connectivity index (χ2v) is 14.8. The van der Waals surface area contributed by atoms with Crippen LogP contribution >= 0.6 is 0 Å². The molecule has 1 unspecified atom stereocenters. The van der Waals surface area contributed by atoms with Gasteiger partial charge >= 0.3 is 17.9 Å². The Morgan fingerprint density at radius 3 is 2.42 bits per heavy atom. The Hall–Kier alpha value is -1.89. The third-order valence-corrected chi connectivity index (χ3v) is 11.7. The standard InChI is InChI=1S/C33H52O7/c1-20(9-8-15-30(4,5)40-22(3)35)25-12-13-26-24-11-10-23-17-33(38,19-29(36)37)18-28(39-21(2)34)32(23,7)27(24)14-16-31(25,26)6/h10,20,24-28,38H,8-9,11-19H2,1-7H3,(H,36,37)/t20-,24+,25-,26+,27+,28?,31-,32+,33+/m1/s1. The van der Waals surface area contributed by atoms with E-state index in [4.69, 9.17) is 9.47 Å². The molecule has 0 aromatic heterocycles. The van der Waals surface area contributed by atoms with Gasteiger partial charge in [0.1, 0.15) is 11.7 Å². The van der Waals surface area contributed by atoms with Crippen LogP contribution in [0, 0.1) is 40.4 Å². The minimum absolute atomic E-state index is 0.168. The van der Waals surface area contributed by atoms with Crippen LogP contribution in [-0.2, 0) is 23.9 Å². The van der Waals surface area contributed by atoms with Gasteiger partial charge in [0.2, 0.25) is 0 Å². The van der Waals surface area contributed by atoms with Crippen molar-refractivity contribution in [2.45, 2.75) is 136 Å². The summed E-state index contributed by atoms with van der Waals surface area (Å²) in [7, 11) is 0. The summed E-state index contributed by atoms with van der Waals surface area (Å²) in [6, 6.07) is 0. The first kappa shape index (κ1) is 31.1. The van der Waals surface area contributed by atoms with Crippen molar-refractivity contribution in [3.8, 4) is 0 Å². The van der Waals surface area contributed by atoms with Gasteiger partial charge in [-0.15, -0.1) is 0 Å². The van der Waals surface area contributed by atoms with Crippen LogP contribution in [0.1, 0.15) is 119 Å². The van der Waals surface area contributed by atoms with Gasteiger partial charge in [0.05, 0.1) is 12.0 Å². The summed E-state index contributed by atoms with van der Waals surface area (Å²) in [5.74, 6) is 1.07. The first-order valence-corrected chi connectivity index (χ1v) is 15.5. The Bertz CT molecular complexity index is 1030. The fraction of sp³-hybridized carbons (Fsp3) is 0.848. The van der Waals surface area contributed by atoms with Crippen LogP contribution in [0.5, 0.6) is 0 Å². The molecule has 0 aromatic rings. The molecule has 4 aliphatic carbocycles. The Morgan fingerprint density at radius 1 is 1.10 bits per heavy atom. The SMILES string of the molecule is CC(=O)OC1C[C@](O)(CC(=O)O)CC2=CC[C@H]3[C@@H]4CC[C@H]([C@H](C)CCCC(C)(C)OC(C)=O)[C@@]4(C)CC[C@@H]3[C@]21C. The van der Waals surface area contributed by atoms with Gasteiger partial charge in [-0.3, -0.25) is 14.4 Å². The van der Waals surface area contributed by atoms with E-state index in [-0.39, 0.29) is 35.6 Å². The summed E-state index contributed by atoms with van der Waals surface area (Å²) < 4.78 is 11.4. The predicted octanol–water partition coefficient (Wildman–Crippen LogP) is 6.46. The number of rotatable bonds is 9. The molecular formula is C33H52O7. The number of carboxylic acid groups (broad SMARTS) is 1. The summed E-state index contributed by atoms with van der Waals surface area (Å²) in [6.45, 7) is 14.0. The first-order valence-electron chi connectivity index (χ1n) is 15.5. The van der Waals surface area contributed by atoms with E-state index in [1.807, 2.05) is 13.8 Å². The van der Waals surface area contributed by atoms with Crippen molar-refractivity contribution in [1.82, 2.24) is 0 Å². The number of hydrogen-bond donors (Lipinski definition) is 2. The number of ether oxygens (including phenoxy) is 2. The molecule has 7 heteroatoms. The number of esters is 2. The Labute approximate surface area is 240 Å². The molecule has 0 radical (unpaired) electrons. The lowest BCUT2D eigenvalue weighted by Crippen LogP contribution is -2.59. The molecule has 0 saturated heterocycles. The van der Waals surface area contributed by atoms with Gasteiger partial charge in [0.15, 0.2) is 0 Å². The second kappa shape index (κ2) is 11.1.